The van der Waals surface area contributed by atoms with E-state index in [1.807, 2.05) is 61.5 Å². The molecule has 1 aromatic heterocycles. The highest BCUT2D eigenvalue weighted by Crippen LogP contribution is 2.22. The SMILES string of the molecule is Cc1ccc(NC(=O)c2cc(N3CCOCC3)[nH+]c3ccccc23)cc1. The number of aromatic nitrogens is 1. The van der Waals surface area contributed by atoms with Crippen molar-refractivity contribution in [1.82, 2.24) is 0 Å². The molecule has 2 aromatic carbocycles. The lowest BCUT2D eigenvalue weighted by Crippen LogP contribution is -2.39. The highest BCUT2D eigenvalue weighted by Gasteiger charge is 2.23. The number of nitrogens with zero attached hydrogens (tertiary/aromatic N) is 1. The molecule has 1 aliphatic rings. The van der Waals surface area contributed by atoms with E-state index in [0.29, 0.717) is 18.8 Å². The number of benzene rings is 2. The molecule has 132 valence electrons. The van der Waals surface area contributed by atoms with Gasteiger partial charge in [0.1, 0.15) is 18.6 Å². The Labute approximate surface area is 152 Å². The van der Waals surface area contributed by atoms with Crippen LogP contribution in [-0.2, 0) is 4.74 Å². The van der Waals surface area contributed by atoms with Crippen LogP contribution in [0, 0.1) is 6.92 Å². The summed E-state index contributed by atoms with van der Waals surface area (Å²) in [5, 5.41) is 3.92. The van der Waals surface area contributed by atoms with Crippen molar-refractivity contribution in [1.29, 1.82) is 0 Å². The number of fused-ring (bicyclic) bond motifs is 1. The summed E-state index contributed by atoms with van der Waals surface area (Å²) in [5.74, 6) is 0.842. The van der Waals surface area contributed by atoms with Gasteiger partial charge >= 0.3 is 0 Å². The number of hydrogen-bond acceptors (Lipinski definition) is 3. The maximum absolute atomic E-state index is 13.0. The molecular weight excluding hydrogens is 326 g/mol. The zero-order valence-corrected chi connectivity index (χ0v) is 14.8. The lowest BCUT2D eigenvalue weighted by molar-refractivity contribution is -0.331. The van der Waals surface area contributed by atoms with E-state index in [9.17, 15) is 4.79 Å². The summed E-state index contributed by atoms with van der Waals surface area (Å²) in [5.41, 5.74) is 3.58. The van der Waals surface area contributed by atoms with Crippen LogP contribution in [0.1, 0.15) is 15.9 Å². The number of rotatable bonds is 3. The molecule has 5 nitrogen and oxygen atoms in total. The van der Waals surface area contributed by atoms with E-state index in [4.69, 9.17) is 4.74 Å². The van der Waals surface area contributed by atoms with Gasteiger partial charge in [0.25, 0.3) is 11.7 Å². The van der Waals surface area contributed by atoms with E-state index in [-0.39, 0.29) is 5.91 Å². The third-order valence-electron chi connectivity index (χ3n) is 4.67. The Hall–Kier alpha value is -2.92. The van der Waals surface area contributed by atoms with Crippen LogP contribution in [-0.4, -0.2) is 32.2 Å². The molecule has 0 radical (unpaired) electrons. The van der Waals surface area contributed by atoms with Gasteiger partial charge in [0.05, 0.1) is 18.8 Å². The van der Waals surface area contributed by atoms with Crippen LogP contribution in [0.5, 0.6) is 0 Å². The third kappa shape index (κ3) is 3.39. The van der Waals surface area contributed by atoms with Gasteiger partial charge in [0.15, 0.2) is 0 Å². The fourth-order valence-corrected chi connectivity index (χ4v) is 3.21. The van der Waals surface area contributed by atoms with E-state index in [0.717, 1.165) is 41.1 Å². The standard InChI is InChI=1S/C21H21N3O2/c1-15-6-8-16(9-7-15)22-21(25)18-14-20(24-10-12-26-13-11-24)23-19-5-3-2-4-17(18)19/h2-9,14H,10-13H2,1H3,(H,22,25)/p+1. The zero-order valence-electron chi connectivity index (χ0n) is 14.8. The first-order chi connectivity index (χ1) is 12.7. The topological polar surface area (TPSA) is 55.7 Å². The number of H-pyrrole nitrogens is 1. The first kappa shape index (κ1) is 16.5. The molecule has 4 rings (SSSR count). The molecule has 1 saturated heterocycles. The van der Waals surface area contributed by atoms with Crippen LogP contribution in [0.25, 0.3) is 10.9 Å². The Morgan fingerprint density at radius 2 is 1.81 bits per heavy atom. The molecule has 2 heterocycles. The molecule has 0 spiro atoms. The first-order valence-corrected chi connectivity index (χ1v) is 8.86. The molecule has 0 atom stereocenters. The van der Waals surface area contributed by atoms with Gasteiger partial charge in [0, 0.05) is 17.1 Å². The van der Waals surface area contributed by atoms with Crippen molar-refractivity contribution < 1.29 is 14.5 Å². The Morgan fingerprint density at radius 1 is 1.08 bits per heavy atom. The number of morpholine rings is 1. The minimum atomic E-state index is -0.103. The van der Waals surface area contributed by atoms with Crippen LogP contribution < -0.4 is 15.2 Å². The van der Waals surface area contributed by atoms with Gasteiger partial charge in [-0.2, -0.15) is 0 Å². The molecule has 1 fully saturated rings. The van der Waals surface area contributed by atoms with Crippen molar-refractivity contribution in [3.8, 4) is 0 Å². The summed E-state index contributed by atoms with van der Waals surface area (Å²) in [6.45, 7) is 5.06. The molecule has 1 amide bonds. The number of carbonyl (C=O) groups excluding carboxylic acids is 1. The second-order valence-corrected chi connectivity index (χ2v) is 6.53. The zero-order chi connectivity index (χ0) is 17.9. The van der Waals surface area contributed by atoms with E-state index in [2.05, 4.69) is 15.2 Å². The molecule has 1 aliphatic heterocycles. The summed E-state index contributed by atoms with van der Waals surface area (Å²) < 4.78 is 5.44. The monoisotopic (exact) mass is 348 g/mol. The second-order valence-electron chi connectivity index (χ2n) is 6.53. The highest BCUT2D eigenvalue weighted by molar-refractivity contribution is 6.12. The summed E-state index contributed by atoms with van der Waals surface area (Å²) in [7, 11) is 0. The van der Waals surface area contributed by atoms with Crippen molar-refractivity contribution >= 4 is 28.3 Å². The molecule has 0 bridgehead atoms. The number of aromatic amines is 1. The van der Waals surface area contributed by atoms with Crippen molar-refractivity contribution in [2.45, 2.75) is 6.92 Å². The van der Waals surface area contributed by atoms with Crippen LogP contribution in [0.4, 0.5) is 11.5 Å². The molecule has 0 saturated carbocycles. The Bertz CT molecular complexity index is 932. The van der Waals surface area contributed by atoms with Crippen LogP contribution in [0.15, 0.2) is 54.6 Å². The average Bonchev–Trinajstić information content (AvgIpc) is 2.69. The molecular formula is C21H22N3O2+. The molecule has 3 aromatic rings. The average molecular weight is 348 g/mol. The predicted octanol–water partition coefficient (Wildman–Crippen LogP) is 3.05. The van der Waals surface area contributed by atoms with Gasteiger partial charge in [-0.1, -0.05) is 29.8 Å². The summed E-state index contributed by atoms with van der Waals surface area (Å²) >= 11 is 0. The number of hydrogen-bond donors (Lipinski definition) is 1. The molecule has 5 heteroatoms. The van der Waals surface area contributed by atoms with Gasteiger partial charge in [-0.15, -0.1) is 0 Å². The minimum Gasteiger partial charge on any atom is -0.373 e. The Morgan fingerprint density at radius 3 is 2.58 bits per heavy atom. The molecule has 0 unspecified atom stereocenters. The van der Waals surface area contributed by atoms with Crippen molar-refractivity contribution in [2.24, 2.45) is 0 Å². The number of carbonyl (C=O) groups is 1. The normalized spacial score (nSPS) is 14.4. The van der Waals surface area contributed by atoms with Gasteiger partial charge in [-0.05, 0) is 31.2 Å². The fourth-order valence-electron chi connectivity index (χ4n) is 3.21. The van der Waals surface area contributed by atoms with E-state index < -0.39 is 0 Å². The van der Waals surface area contributed by atoms with Crippen molar-refractivity contribution in [2.75, 3.05) is 36.5 Å². The number of amides is 1. The number of ether oxygens (including phenoxy) is 1. The Balaban J connectivity index is 1.71. The van der Waals surface area contributed by atoms with Crippen LogP contribution in [0.2, 0.25) is 0 Å². The number of aryl methyl sites for hydroxylation is 1. The summed E-state index contributed by atoms with van der Waals surface area (Å²) in [4.78, 5) is 18.7. The number of nitrogens with one attached hydrogen (secondary N) is 2. The smallest absolute Gasteiger partial charge is 0.275 e. The first-order valence-electron chi connectivity index (χ1n) is 8.86. The van der Waals surface area contributed by atoms with Crippen LogP contribution >= 0.6 is 0 Å². The van der Waals surface area contributed by atoms with Gasteiger partial charge in [0.2, 0.25) is 0 Å². The number of pyridine rings is 1. The van der Waals surface area contributed by atoms with E-state index >= 15 is 0 Å². The maximum atomic E-state index is 13.0. The fraction of sp³-hybridized carbons (Fsp3) is 0.238. The largest absolute Gasteiger partial charge is 0.373 e. The maximum Gasteiger partial charge on any atom is 0.275 e. The number of anilines is 2. The van der Waals surface area contributed by atoms with Crippen LogP contribution in [0.3, 0.4) is 0 Å². The molecule has 2 N–H and O–H groups in total. The summed E-state index contributed by atoms with van der Waals surface area (Å²) in [6.07, 6.45) is 0. The van der Waals surface area contributed by atoms with E-state index in [1.165, 1.54) is 0 Å². The van der Waals surface area contributed by atoms with Gasteiger partial charge in [-0.25, -0.2) is 4.98 Å². The van der Waals surface area contributed by atoms with Gasteiger partial charge < -0.3 is 10.1 Å². The van der Waals surface area contributed by atoms with Crippen molar-refractivity contribution in [3.05, 3.63) is 65.7 Å². The predicted molar refractivity (Wildman–Crippen MR) is 103 cm³/mol. The number of para-hydroxylation sites is 1. The molecule has 26 heavy (non-hydrogen) atoms. The third-order valence-corrected chi connectivity index (χ3v) is 4.67. The lowest BCUT2D eigenvalue weighted by atomic mass is 10.1. The summed E-state index contributed by atoms with van der Waals surface area (Å²) in [6, 6.07) is 17.7. The minimum absolute atomic E-state index is 0.103. The highest BCUT2D eigenvalue weighted by atomic mass is 16.5. The quantitative estimate of drug-likeness (QED) is 0.791. The second kappa shape index (κ2) is 7.14. The van der Waals surface area contributed by atoms with E-state index in [1.54, 1.807) is 0 Å². The van der Waals surface area contributed by atoms with Gasteiger partial charge in [-0.3, -0.25) is 9.69 Å². The Kier molecular flexibility index (Phi) is 4.54. The molecule has 0 aliphatic carbocycles. The lowest BCUT2D eigenvalue weighted by Gasteiger charge is -2.22. The van der Waals surface area contributed by atoms with Crippen molar-refractivity contribution in [3.63, 3.8) is 0 Å².